The van der Waals surface area contributed by atoms with E-state index in [4.69, 9.17) is 19.6 Å². The maximum atomic E-state index is 12.6. The topological polar surface area (TPSA) is 88.6 Å². The van der Waals surface area contributed by atoms with Gasteiger partial charge in [-0.1, -0.05) is 66.7 Å². The van der Waals surface area contributed by atoms with Crippen molar-refractivity contribution >= 4 is 18.7 Å². The lowest BCUT2D eigenvalue weighted by Crippen LogP contribution is -2.59. The smallest absolute Gasteiger partial charge is 0.353 e. The lowest BCUT2D eigenvalue weighted by Gasteiger charge is -2.30. The second-order valence-electron chi connectivity index (χ2n) is 8.44. The molecule has 0 aliphatic carbocycles. The standard InChI is InChI=1S/C26H31N3O4Si/c1-20-18-29(26(30)28-25(20)31-17-9-16-27)24-15-14-21(33-24)19-32-34(2,22-10-5-3-6-11-22)23-12-7-4-8-13-23/h3-8,10-15,18,21,24H,9,16-17,19,27H2,1-2H3/t21-,24+/m0/s1. The molecule has 0 bridgehead atoms. The van der Waals surface area contributed by atoms with Crippen molar-refractivity contribution in [1.29, 1.82) is 0 Å². The molecule has 4 rings (SSSR count). The predicted molar refractivity (Wildman–Crippen MR) is 135 cm³/mol. The highest BCUT2D eigenvalue weighted by Gasteiger charge is 2.35. The molecular formula is C26H31N3O4Si. The minimum atomic E-state index is -2.43. The first kappa shape index (κ1) is 24.1. The Balaban J connectivity index is 1.45. The van der Waals surface area contributed by atoms with Gasteiger partial charge in [0.15, 0.2) is 6.23 Å². The van der Waals surface area contributed by atoms with Gasteiger partial charge in [0.1, 0.15) is 6.10 Å². The third-order valence-corrected chi connectivity index (χ3v) is 9.55. The van der Waals surface area contributed by atoms with E-state index < -0.39 is 20.2 Å². The van der Waals surface area contributed by atoms with Gasteiger partial charge in [-0.25, -0.2) is 4.79 Å². The maximum absolute atomic E-state index is 12.6. The molecule has 2 N–H and O–H groups in total. The van der Waals surface area contributed by atoms with Crippen LogP contribution in [0.5, 0.6) is 5.88 Å². The Morgan fingerprint density at radius 3 is 2.32 bits per heavy atom. The van der Waals surface area contributed by atoms with Crippen LogP contribution in [0.1, 0.15) is 18.2 Å². The van der Waals surface area contributed by atoms with Crippen molar-refractivity contribution in [2.45, 2.75) is 32.2 Å². The predicted octanol–water partition coefficient (Wildman–Crippen LogP) is 2.14. The zero-order chi connectivity index (χ0) is 24.0. The van der Waals surface area contributed by atoms with E-state index in [2.05, 4.69) is 35.8 Å². The first-order valence-corrected chi connectivity index (χ1v) is 13.9. The molecule has 3 aromatic rings. The highest BCUT2D eigenvalue weighted by molar-refractivity contribution is 6.96. The zero-order valence-electron chi connectivity index (χ0n) is 19.6. The molecule has 0 saturated carbocycles. The highest BCUT2D eigenvalue weighted by atomic mass is 28.4. The summed E-state index contributed by atoms with van der Waals surface area (Å²) in [5, 5.41) is 2.39. The minimum absolute atomic E-state index is 0.267. The van der Waals surface area contributed by atoms with Crippen LogP contribution < -0.4 is 26.5 Å². The Hall–Kier alpha value is -3.04. The average Bonchev–Trinajstić information content (AvgIpc) is 3.34. The summed E-state index contributed by atoms with van der Waals surface area (Å²) in [5.74, 6) is 0.337. The molecule has 2 heterocycles. The van der Waals surface area contributed by atoms with Gasteiger partial charge < -0.3 is 19.6 Å². The lowest BCUT2D eigenvalue weighted by molar-refractivity contribution is -0.00640. The average molecular weight is 478 g/mol. The van der Waals surface area contributed by atoms with Crippen molar-refractivity contribution in [3.05, 3.63) is 95.1 Å². The Morgan fingerprint density at radius 2 is 1.71 bits per heavy atom. The number of nitrogens with zero attached hydrogens (tertiary/aromatic N) is 2. The number of ether oxygens (including phenoxy) is 2. The number of hydrogen-bond acceptors (Lipinski definition) is 6. The van der Waals surface area contributed by atoms with Gasteiger partial charge in [0, 0.05) is 11.8 Å². The van der Waals surface area contributed by atoms with Gasteiger partial charge in [-0.15, -0.1) is 0 Å². The summed E-state index contributed by atoms with van der Waals surface area (Å²) in [6.45, 7) is 5.40. The van der Waals surface area contributed by atoms with Crippen LogP contribution in [0.2, 0.25) is 6.55 Å². The third-order valence-electron chi connectivity index (χ3n) is 5.94. The Labute approximate surface area is 200 Å². The van der Waals surface area contributed by atoms with E-state index in [1.165, 1.54) is 14.9 Å². The van der Waals surface area contributed by atoms with Crippen molar-refractivity contribution in [1.82, 2.24) is 9.55 Å². The molecule has 0 unspecified atom stereocenters. The second-order valence-corrected chi connectivity index (χ2v) is 11.9. The zero-order valence-corrected chi connectivity index (χ0v) is 20.6. The highest BCUT2D eigenvalue weighted by Crippen LogP contribution is 2.23. The van der Waals surface area contributed by atoms with E-state index in [1.54, 1.807) is 6.20 Å². The fraction of sp³-hybridized carbons (Fsp3) is 0.308. The molecule has 178 valence electrons. The fourth-order valence-electron chi connectivity index (χ4n) is 3.97. The van der Waals surface area contributed by atoms with Crippen molar-refractivity contribution in [3.63, 3.8) is 0 Å². The number of rotatable bonds is 10. The largest absolute Gasteiger partial charge is 0.477 e. The van der Waals surface area contributed by atoms with Crippen LogP contribution in [0.4, 0.5) is 0 Å². The summed E-state index contributed by atoms with van der Waals surface area (Å²) >= 11 is 0. The number of hydrogen-bond donors (Lipinski definition) is 1. The molecule has 2 aromatic carbocycles. The SMILES string of the molecule is Cc1cn([C@H]2C=C[C@@H](CO[Si](C)(c3ccccc3)c3ccccc3)O2)c(=O)nc1OCCCN. The molecule has 0 spiro atoms. The summed E-state index contributed by atoms with van der Waals surface area (Å²) in [6.07, 6.45) is 5.44. The molecule has 0 saturated heterocycles. The monoisotopic (exact) mass is 477 g/mol. The van der Waals surface area contributed by atoms with E-state index in [-0.39, 0.29) is 6.10 Å². The molecule has 1 aliphatic rings. The van der Waals surface area contributed by atoms with Crippen LogP contribution in [-0.2, 0) is 9.16 Å². The molecule has 2 atom stereocenters. The number of aromatic nitrogens is 2. The molecule has 7 nitrogen and oxygen atoms in total. The van der Waals surface area contributed by atoms with Gasteiger partial charge in [0.2, 0.25) is 5.88 Å². The molecule has 0 radical (unpaired) electrons. The summed E-state index contributed by atoms with van der Waals surface area (Å²) in [5.41, 5.74) is 5.85. The first-order valence-electron chi connectivity index (χ1n) is 11.5. The molecule has 1 aliphatic heterocycles. The van der Waals surface area contributed by atoms with Crippen molar-refractivity contribution < 1.29 is 13.9 Å². The quantitative estimate of drug-likeness (QED) is 0.273. The van der Waals surface area contributed by atoms with E-state index >= 15 is 0 Å². The second kappa shape index (κ2) is 10.9. The third kappa shape index (κ3) is 5.36. The van der Waals surface area contributed by atoms with Crippen molar-refractivity contribution in [2.24, 2.45) is 5.73 Å². The summed E-state index contributed by atoms with van der Waals surface area (Å²) < 4.78 is 19.8. The van der Waals surface area contributed by atoms with Crippen LogP contribution >= 0.6 is 0 Å². The van der Waals surface area contributed by atoms with Gasteiger partial charge in [-0.3, -0.25) is 4.57 Å². The summed E-state index contributed by atoms with van der Waals surface area (Å²) in [4.78, 5) is 16.7. The molecule has 34 heavy (non-hydrogen) atoms. The van der Waals surface area contributed by atoms with E-state index in [0.29, 0.717) is 32.1 Å². The van der Waals surface area contributed by atoms with Crippen LogP contribution in [0, 0.1) is 6.92 Å². The van der Waals surface area contributed by atoms with Gasteiger partial charge in [0.05, 0.1) is 13.2 Å². The normalized spacial score (nSPS) is 17.7. The molecule has 0 amide bonds. The number of nitrogens with two attached hydrogens (primary N) is 1. The van der Waals surface area contributed by atoms with Gasteiger partial charge >= 0.3 is 5.69 Å². The fourth-order valence-corrected chi connectivity index (χ4v) is 6.79. The summed E-state index contributed by atoms with van der Waals surface area (Å²) in [7, 11) is -2.43. The van der Waals surface area contributed by atoms with Crippen molar-refractivity contribution in [3.8, 4) is 5.88 Å². The minimum Gasteiger partial charge on any atom is -0.477 e. The number of aryl methyl sites for hydroxylation is 1. The molecule has 8 heteroatoms. The van der Waals surface area contributed by atoms with Gasteiger partial charge in [-0.2, -0.15) is 4.98 Å². The van der Waals surface area contributed by atoms with Crippen molar-refractivity contribution in [2.75, 3.05) is 19.8 Å². The van der Waals surface area contributed by atoms with E-state index in [1.807, 2.05) is 55.5 Å². The van der Waals surface area contributed by atoms with Crippen LogP contribution in [0.3, 0.4) is 0 Å². The van der Waals surface area contributed by atoms with Crippen LogP contribution in [-0.4, -0.2) is 43.7 Å². The van der Waals surface area contributed by atoms with Crippen LogP contribution in [0.25, 0.3) is 0 Å². The van der Waals surface area contributed by atoms with E-state index in [9.17, 15) is 4.79 Å². The Bertz CT molecular complexity index is 1130. The summed E-state index contributed by atoms with van der Waals surface area (Å²) in [6, 6.07) is 20.7. The molecular weight excluding hydrogens is 446 g/mol. The lowest BCUT2D eigenvalue weighted by atomic mass is 10.3. The molecule has 0 fully saturated rings. The Morgan fingerprint density at radius 1 is 1.06 bits per heavy atom. The maximum Gasteiger partial charge on any atom is 0.353 e. The number of benzene rings is 2. The first-order chi connectivity index (χ1) is 16.5. The van der Waals surface area contributed by atoms with Gasteiger partial charge in [0.25, 0.3) is 8.32 Å². The van der Waals surface area contributed by atoms with Crippen LogP contribution in [0.15, 0.2) is 83.8 Å². The Kier molecular flexibility index (Phi) is 7.74. The van der Waals surface area contributed by atoms with E-state index in [0.717, 1.165) is 5.56 Å². The van der Waals surface area contributed by atoms with Gasteiger partial charge in [-0.05, 0) is 42.9 Å². The molecule has 1 aromatic heterocycles.